The summed E-state index contributed by atoms with van der Waals surface area (Å²) in [7, 11) is 0. The van der Waals surface area contributed by atoms with E-state index in [4.69, 9.17) is 0 Å². The van der Waals surface area contributed by atoms with Crippen LogP contribution in [-0.4, -0.2) is 23.5 Å². The molecule has 1 heterocycles. The van der Waals surface area contributed by atoms with E-state index < -0.39 is 0 Å². The lowest BCUT2D eigenvalue weighted by atomic mass is 9.96. The van der Waals surface area contributed by atoms with Gasteiger partial charge in [-0.1, -0.05) is 13.3 Å². The highest BCUT2D eigenvalue weighted by atomic mass is 15.2. The summed E-state index contributed by atoms with van der Waals surface area (Å²) < 4.78 is 0. The molecule has 0 bridgehead atoms. The van der Waals surface area contributed by atoms with E-state index >= 15 is 0 Å². The van der Waals surface area contributed by atoms with Crippen LogP contribution in [0.25, 0.3) is 0 Å². The van der Waals surface area contributed by atoms with Gasteiger partial charge in [-0.15, -0.1) is 0 Å². The second-order valence-electron chi connectivity index (χ2n) is 5.22. The molecule has 12 heavy (non-hydrogen) atoms. The summed E-state index contributed by atoms with van der Waals surface area (Å²) in [5.41, 5.74) is 0.474. The van der Waals surface area contributed by atoms with Gasteiger partial charge in [0.1, 0.15) is 0 Å². The van der Waals surface area contributed by atoms with Gasteiger partial charge in [0.15, 0.2) is 0 Å². The minimum atomic E-state index is 0.474. The first-order valence-electron chi connectivity index (χ1n) is 5.38. The molecule has 0 aromatic carbocycles. The Morgan fingerprint density at radius 3 is 2.33 bits per heavy atom. The molecule has 2 fully saturated rings. The Kier molecular flexibility index (Phi) is 1.95. The predicted octanol–water partition coefficient (Wildman–Crippen LogP) is 2.52. The molecule has 70 valence electrons. The monoisotopic (exact) mass is 167 g/mol. The SMILES string of the molecule is CCCC(C)(C)N1CC2CC2C1. The molecule has 1 saturated carbocycles. The lowest BCUT2D eigenvalue weighted by Gasteiger charge is -2.36. The number of nitrogens with zero attached hydrogens (tertiary/aromatic N) is 1. The fourth-order valence-electron chi connectivity index (χ4n) is 2.66. The topological polar surface area (TPSA) is 3.24 Å². The van der Waals surface area contributed by atoms with E-state index in [-0.39, 0.29) is 0 Å². The summed E-state index contributed by atoms with van der Waals surface area (Å²) in [6, 6.07) is 0. The standard InChI is InChI=1S/C11H21N/c1-4-5-11(2,3)12-7-9-6-10(9)8-12/h9-10H,4-8H2,1-3H3. The first-order valence-corrected chi connectivity index (χ1v) is 5.38. The fourth-order valence-corrected chi connectivity index (χ4v) is 2.66. The highest BCUT2D eigenvalue weighted by Gasteiger charge is 2.48. The fraction of sp³-hybridized carbons (Fsp3) is 1.00. The minimum absolute atomic E-state index is 0.474. The third-order valence-electron chi connectivity index (χ3n) is 3.70. The van der Waals surface area contributed by atoms with Crippen LogP contribution in [0.5, 0.6) is 0 Å². The van der Waals surface area contributed by atoms with Crippen molar-refractivity contribution in [2.24, 2.45) is 11.8 Å². The van der Waals surface area contributed by atoms with Gasteiger partial charge >= 0.3 is 0 Å². The van der Waals surface area contributed by atoms with Gasteiger partial charge in [0, 0.05) is 18.6 Å². The number of hydrogen-bond acceptors (Lipinski definition) is 1. The number of fused-ring (bicyclic) bond motifs is 1. The quantitative estimate of drug-likeness (QED) is 0.624. The molecule has 1 aliphatic heterocycles. The highest BCUT2D eigenvalue weighted by Crippen LogP contribution is 2.47. The zero-order valence-corrected chi connectivity index (χ0v) is 8.64. The van der Waals surface area contributed by atoms with Gasteiger partial charge in [0.2, 0.25) is 0 Å². The molecule has 0 aromatic heterocycles. The number of rotatable bonds is 3. The van der Waals surface area contributed by atoms with Crippen LogP contribution in [0.1, 0.15) is 40.0 Å². The van der Waals surface area contributed by atoms with Crippen molar-refractivity contribution in [3.05, 3.63) is 0 Å². The lowest BCUT2D eigenvalue weighted by molar-refractivity contribution is 0.127. The van der Waals surface area contributed by atoms with Gasteiger partial charge in [0.05, 0.1) is 0 Å². The van der Waals surface area contributed by atoms with Crippen molar-refractivity contribution in [1.29, 1.82) is 0 Å². The number of piperidine rings is 1. The Morgan fingerprint density at radius 1 is 1.25 bits per heavy atom. The molecule has 0 spiro atoms. The van der Waals surface area contributed by atoms with E-state index in [1.165, 1.54) is 32.4 Å². The van der Waals surface area contributed by atoms with Crippen LogP contribution in [-0.2, 0) is 0 Å². The molecule has 0 radical (unpaired) electrons. The van der Waals surface area contributed by atoms with E-state index in [0.29, 0.717) is 5.54 Å². The maximum absolute atomic E-state index is 2.70. The van der Waals surface area contributed by atoms with Crippen molar-refractivity contribution < 1.29 is 0 Å². The summed E-state index contributed by atoms with van der Waals surface area (Å²) in [5, 5.41) is 0. The molecular weight excluding hydrogens is 146 g/mol. The normalized spacial score (nSPS) is 35.2. The van der Waals surface area contributed by atoms with Crippen molar-refractivity contribution in [2.45, 2.75) is 45.6 Å². The zero-order chi connectivity index (χ0) is 8.77. The largest absolute Gasteiger partial charge is 0.298 e. The lowest BCUT2D eigenvalue weighted by Crippen LogP contribution is -2.43. The van der Waals surface area contributed by atoms with E-state index in [9.17, 15) is 0 Å². The Labute approximate surface area is 76.1 Å². The Balaban J connectivity index is 1.90. The molecule has 0 aromatic rings. The van der Waals surface area contributed by atoms with Gasteiger partial charge < -0.3 is 0 Å². The maximum atomic E-state index is 2.70. The predicted molar refractivity (Wildman–Crippen MR) is 52.2 cm³/mol. The van der Waals surface area contributed by atoms with Crippen LogP contribution < -0.4 is 0 Å². The molecule has 2 aliphatic rings. The van der Waals surface area contributed by atoms with Crippen molar-refractivity contribution in [3.8, 4) is 0 Å². The third-order valence-corrected chi connectivity index (χ3v) is 3.70. The molecule has 0 amide bonds. The van der Waals surface area contributed by atoms with Crippen molar-refractivity contribution in [1.82, 2.24) is 4.90 Å². The summed E-state index contributed by atoms with van der Waals surface area (Å²) in [4.78, 5) is 2.70. The molecule has 2 atom stereocenters. The smallest absolute Gasteiger partial charge is 0.0153 e. The molecule has 1 heteroatoms. The van der Waals surface area contributed by atoms with E-state index in [2.05, 4.69) is 25.7 Å². The Bertz CT molecular complexity index is 164. The van der Waals surface area contributed by atoms with Gasteiger partial charge in [-0.2, -0.15) is 0 Å². The highest BCUT2D eigenvalue weighted by molar-refractivity contribution is 5.00. The van der Waals surface area contributed by atoms with Crippen LogP contribution in [0, 0.1) is 11.8 Å². The maximum Gasteiger partial charge on any atom is 0.0153 e. The molecule has 2 rings (SSSR count). The number of likely N-dealkylation sites (tertiary alicyclic amines) is 1. The minimum Gasteiger partial charge on any atom is -0.298 e. The summed E-state index contributed by atoms with van der Waals surface area (Å²) in [5.74, 6) is 2.17. The van der Waals surface area contributed by atoms with Crippen molar-refractivity contribution in [3.63, 3.8) is 0 Å². The Morgan fingerprint density at radius 2 is 1.83 bits per heavy atom. The Hall–Kier alpha value is -0.0400. The van der Waals surface area contributed by atoms with Gasteiger partial charge in [-0.25, -0.2) is 0 Å². The summed E-state index contributed by atoms with van der Waals surface area (Å²) in [6.07, 6.45) is 4.20. The molecule has 1 aliphatic carbocycles. The second-order valence-corrected chi connectivity index (χ2v) is 5.22. The number of hydrogen-bond donors (Lipinski definition) is 0. The van der Waals surface area contributed by atoms with Crippen molar-refractivity contribution >= 4 is 0 Å². The average Bonchev–Trinajstić information content (AvgIpc) is 2.59. The van der Waals surface area contributed by atoms with Crippen LogP contribution in [0.2, 0.25) is 0 Å². The van der Waals surface area contributed by atoms with E-state index in [1.807, 2.05) is 0 Å². The summed E-state index contributed by atoms with van der Waals surface area (Å²) in [6.45, 7) is 9.87. The molecular formula is C11H21N. The zero-order valence-electron chi connectivity index (χ0n) is 8.64. The van der Waals surface area contributed by atoms with Crippen LogP contribution in [0.4, 0.5) is 0 Å². The van der Waals surface area contributed by atoms with Crippen molar-refractivity contribution in [2.75, 3.05) is 13.1 Å². The first kappa shape index (κ1) is 8.55. The average molecular weight is 167 g/mol. The van der Waals surface area contributed by atoms with Gasteiger partial charge in [-0.3, -0.25) is 4.90 Å². The first-order chi connectivity index (χ1) is 5.63. The molecule has 2 unspecified atom stereocenters. The van der Waals surface area contributed by atoms with Crippen LogP contribution >= 0.6 is 0 Å². The van der Waals surface area contributed by atoms with E-state index in [1.54, 1.807) is 0 Å². The summed E-state index contributed by atoms with van der Waals surface area (Å²) >= 11 is 0. The van der Waals surface area contributed by atoms with Gasteiger partial charge in [-0.05, 0) is 38.5 Å². The van der Waals surface area contributed by atoms with Crippen LogP contribution in [0.15, 0.2) is 0 Å². The van der Waals surface area contributed by atoms with Crippen LogP contribution in [0.3, 0.4) is 0 Å². The molecule has 1 saturated heterocycles. The molecule has 1 nitrogen and oxygen atoms in total. The second kappa shape index (κ2) is 2.73. The molecule has 0 N–H and O–H groups in total. The third kappa shape index (κ3) is 1.39. The van der Waals surface area contributed by atoms with Gasteiger partial charge in [0.25, 0.3) is 0 Å². The van der Waals surface area contributed by atoms with E-state index in [0.717, 1.165) is 11.8 Å².